The van der Waals surface area contributed by atoms with Gasteiger partial charge < -0.3 is 9.73 Å². The molecule has 15 heavy (non-hydrogen) atoms. The molecule has 2 rings (SSSR count). The third-order valence-corrected chi connectivity index (χ3v) is 3.03. The zero-order valence-electron chi connectivity index (χ0n) is 9.25. The lowest BCUT2D eigenvalue weighted by molar-refractivity contribution is -0.120. The van der Waals surface area contributed by atoms with Crippen molar-refractivity contribution in [3.63, 3.8) is 0 Å². The molecule has 0 radical (unpaired) electrons. The summed E-state index contributed by atoms with van der Waals surface area (Å²) in [5, 5.41) is 2.60. The van der Waals surface area contributed by atoms with Crippen molar-refractivity contribution >= 4 is 5.91 Å². The molecule has 1 N–H and O–H groups in total. The van der Waals surface area contributed by atoms with Gasteiger partial charge in [0, 0.05) is 25.8 Å². The number of furan rings is 1. The molecule has 3 nitrogen and oxygen atoms in total. The Morgan fingerprint density at radius 3 is 2.93 bits per heavy atom. The summed E-state index contributed by atoms with van der Waals surface area (Å²) >= 11 is 0. The Morgan fingerprint density at radius 2 is 2.33 bits per heavy atom. The molecule has 1 aromatic rings. The van der Waals surface area contributed by atoms with E-state index in [1.165, 1.54) is 6.42 Å². The van der Waals surface area contributed by atoms with E-state index in [1.54, 1.807) is 7.05 Å². The Morgan fingerprint density at radius 1 is 1.60 bits per heavy atom. The molecule has 2 atom stereocenters. The summed E-state index contributed by atoms with van der Waals surface area (Å²) < 4.78 is 5.69. The molecule has 1 heterocycles. The maximum absolute atomic E-state index is 11.0. The summed E-state index contributed by atoms with van der Waals surface area (Å²) in [5.41, 5.74) is 0. The molecule has 0 saturated heterocycles. The van der Waals surface area contributed by atoms with Gasteiger partial charge in [-0.05, 0) is 24.5 Å². The number of carbonyl (C=O) groups is 1. The van der Waals surface area contributed by atoms with Gasteiger partial charge >= 0.3 is 0 Å². The second kappa shape index (κ2) is 4.09. The monoisotopic (exact) mass is 207 g/mol. The zero-order valence-corrected chi connectivity index (χ0v) is 9.25. The first kappa shape index (κ1) is 10.3. The van der Waals surface area contributed by atoms with Crippen molar-refractivity contribution in [3.8, 4) is 0 Å². The Bertz CT molecular complexity index is 356. The van der Waals surface area contributed by atoms with Crippen LogP contribution in [-0.2, 0) is 11.2 Å². The van der Waals surface area contributed by atoms with Gasteiger partial charge in [-0.15, -0.1) is 0 Å². The number of hydrogen-bond acceptors (Lipinski definition) is 2. The van der Waals surface area contributed by atoms with E-state index in [2.05, 4.69) is 12.2 Å². The van der Waals surface area contributed by atoms with Crippen molar-refractivity contribution < 1.29 is 9.21 Å². The number of amides is 1. The minimum atomic E-state index is 0.0627. The molecule has 1 aromatic heterocycles. The SMILES string of the molecule is CNC(=O)CCc1ccc([C@H]2C[C@@H]2C)o1. The molecule has 1 aliphatic carbocycles. The average Bonchev–Trinajstić information content (AvgIpc) is 2.80. The highest BCUT2D eigenvalue weighted by atomic mass is 16.3. The fourth-order valence-corrected chi connectivity index (χ4v) is 1.81. The van der Waals surface area contributed by atoms with Crippen LogP contribution >= 0.6 is 0 Å². The van der Waals surface area contributed by atoms with E-state index < -0.39 is 0 Å². The van der Waals surface area contributed by atoms with Crippen molar-refractivity contribution in [2.45, 2.75) is 32.1 Å². The van der Waals surface area contributed by atoms with Gasteiger partial charge in [-0.3, -0.25) is 4.79 Å². The van der Waals surface area contributed by atoms with E-state index in [4.69, 9.17) is 4.42 Å². The summed E-state index contributed by atoms with van der Waals surface area (Å²) in [4.78, 5) is 11.0. The zero-order chi connectivity index (χ0) is 10.8. The van der Waals surface area contributed by atoms with Crippen molar-refractivity contribution in [2.75, 3.05) is 7.05 Å². The first-order chi connectivity index (χ1) is 7.20. The van der Waals surface area contributed by atoms with Gasteiger partial charge in [-0.2, -0.15) is 0 Å². The Balaban J connectivity index is 1.87. The average molecular weight is 207 g/mol. The Labute approximate surface area is 89.9 Å². The van der Waals surface area contributed by atoms with Gasteiger partial charge in [0.25, 0.3) is 0 Å². The second-order valence-corrected chi connectivity index (χ2v) is 4.30. The van der Waals surface area contributed by atoms with Gasteiger partial charge in [0.1, 0.15) is 11.5 Å². The van der Waals surface area contributed by atoms with Crippen LogP contribution in [0, 0.1) is 5.92 Å². The van der Waals surface area contributed by atoms with Crippen LogP contribution in [0.2, 0.25) is 0 Å². The van der Waals surface area contributed by atoms with E-state index in [0.717, 1.165) is 17.4 Å². The normalized spacial score (nSPS) is 23.9. The Hall–Kier alpha value is -1.25. The summed E-state index contributed by atoms with van der Waals surface area (Å²) in [6.45, 7) is 2.23. The summed E-state index contributed by atoms with van der Waals surface area (Å²) in [6.07, 6.45) is 2.44. The lowest BCUT2D eigenvalue weighted by Gasteiger charge is -1.97. The summed E-state index contributed by atoms with van der Waals surface area (Å²) in [7, 11) is 1.65. The van der Waals surface area contributed by atoms with Crippen LogP contribution in [-0.4, -0.2) is 13.0 Å². The fourth-order valence-electron chi connectivity index (χ4n) is 1.81. The number of carbonyl (C=O) groups excluding carboxylic acids is 1. The van der Waals surface area contributed by atoms with Crippen LogP contribution in [0.3, 0.4) is 0 Å². The van der Waals surface area contributed by atoms with Gasteiger partial charge in [0.05, 0.1) is 0 Å². The van der Waals surface area contributed by atoms with Gasteiger partial charge in [0.15, 0.2) is 0 Å². The number of aryl methyl sites for hydroxylation is 1. The maximum atomic E-state index is 11.0. The topological polar surface area (TPSA) is 42.2 Å². The van der Waals surface area contributed by atoms with Crippen LogP contribution in [0.1, 0.15) is 37.2 Å². The molecule has 1 fully saturated rings. The molecule has 1 aliphatic rings. The van der Waals surface area contributed by atoms with Gasteiger partial charge in [0.2, 0.25) is 5.91 Å². The molecular weight excluding hydrogens is 190 g/mol. The van der Waals surface area contributed by atoms with Crippen LogP contribution in [0.25, 0.3) is 0 Å². The van der Waals surface area contributed by atoms with E-state index in [-0.39, 0.29) is 5.91 Å². The predicted octanol–water partition coefficient (Wildman–Crippen LogP) is 2.08. The van der Waals surface area contributed by atoms with Crippen molar-refractivity contribution in [3.05, 3.63) is 23.7 Å². The number of nitrogens with one attached hydrogen (secondary N) is 1. The lowest BCUT2D eigenvalue weighted by atomic mass is 10.2. The van der Waals surface area contributed by atoms with Crippen molar-refractivity contribution in [1.82, 2.24) is 5.32 Å². The molecule has 1 amide bonds. The quantitative estimate of drug-likeness (QED) is 0.821. The van der Waals surface area contributed by atoms with Crippen molar-refractivity contribution in [2.24, 2.45) is 5.92 Å². The highest BCUT2D eigenvalue weighted by Crippen LogP contribution is 2.47. The molecule has 0 bridgehead atoms. The van der Waals surface area contributed by atoms with Gasteiger partial charge in [-0.1, -0.05) is 6.92 Å². The molecule has 0 aromatic carbocycles. The molecule has 1 saturated carbocycles. The standard InChI is InChI=1S/C12H17NO2/c1-8-7-10(8)11-5-3-9(15-11)4-6-12(14)13-2/h3,5,8,10H,4,6-7H2,1-2H3,(H,13,14)/t8-,10-/m0/s1. The fraction of sp³-hybridized carbons (Fsp3) is 0.583. The summed E-state index contributed by atoms with van der Waals surface area (Å²) in [6, 6.07) is 4.04. The molecule has 0 unspecified atom stereocenters. The first-order valence-corrected chi connectivity index (χ1v) is 5.50. The van der Waals surface area contributed by atoms with E-state index in [0.29, 0.717) is 18.8 Å². The molecule has 3 heteroatoms. The third-order valence-electron chi connectivity index (χ3n) is 3.03. The van der Waals surface area contributed by atoms with Gasteiger partial charge in [-0.25, -0.2) is 0 Å². The largest absolute Gasteiger partial charge is 0.466 e. The van der Waals surface area contributed by atoms with E-state index >= 15 is 0 Å². The minimum Gasteiger partial charge on any atom is -0.466 e. The minimum absolute atomic E-state index is 0.0627. The molecule has 82 valence electrons. The predicted molar refractivity (Wildman–Crippen MR) is 57.6 cm³/mol. The Kier molecular flexibility index (Phi) is 2.80. The summed E-state index contributed by atoms with van der Waals surface area (Å²) in [5.74, 6) is 3.47. The van der Waals surface area contributed by atoms with Crippen LogP contribution in [0.4, 0.5) is 0 Å². The number of hydrogen-bond donors (Lipinski definition) is 1. The highest BCUT2D eigenvalue weighted by Gasteiger charge is 2.36. The van der Waals surface area contributed by atoms with Crippen molar-refractivity contribution in [1.29, 1.82) is 0 Å². The van der Waals surface area contributed by atoms with Crippen LogP contribution in [0.5, 0.6) is 0 Å². The molecule has 0 spiro atoms. The van der Waals surface area contributed by atoms with Crippen LogP contribution in [0.15, 0.2) is 16.5 Å². The first-order valence-electron chi connectivity index (χ1n) is 5.50. The third kappa shape index (κ3) is 2.41. The maximum Gasteiger partial charge on any atom is 0.220 e. The lowest BCUT2D eigenvalue weighted by Crippen LogP contribution is -2.17. The van der Waals surface area contributed by atoms with E-state index in [9.17, 15) is 4.79 Å². The van der Waals surface area contributed by atoms with E-state index in [1.807, 2.05) is 12.1 Å². The highest BCUT2D eigenvalue weighted by molar-refractivity contribution is 5.75. The smallest absolute Gasteiger partial charge is 0.220 e. The molecular formula is C12H17NO2. The molecule has 0 aliphatic heterocycles. The number of rotatable bonds is 4. The second-order valence-electron chi connectivity index (χ2n) is 4.30. The van der Waals surface area contributed by atoms with Crippen LogP contribution < -0.4 is 5.32 Å².